The summed E-state index contributed by atoms with van der Waals surface area (Å²) in [6, 6.07) is 14.0. The third kappa shape index (κ3) is 4.10. The first-order valence-electron chi connectivity index (χ1n) is 7.04. The monoisotopic (exact) mass is 330 g/mol. The molecule has 6 heteroatoms. The van der Waals surface area contributed by atoms with E-state index >= 15 is 0 Å². The second-order valence-electron chi connectivity index (χ2n) is 4.87. The van der Waals surface area contributed by atoms with Gasteiger partial charge in [-0.1, -0.05) is 17.3 Å². The lowest BCUT2D eigenvalue weighted by Crippen LogP contribution is -1.87. The molecule has 0 fully saturated rings. The first-order chi connectivity index (χ1) is 11.2. The maximum absolute atomic E-state index is 13.1. The normalized spacial score (nSPS) is 10.7. The summed E-state index contributed by atoms with van der Waals surface area (Å²) in [5.41, 5.74) is 1.79. The molecule has 0 radical (unpaired) electrons. The first-order valence-corrected chi connectivity index (χ1v) is 8.19. The van der Waals surface area contributed by atoms with Crippen LogP contribution in [0.15, 0.2) is 53.1 Å². The van der Waals surface area contributed by atoms with E-state index in [9.17, 15) is 4.39 Å². The molecule has 1 aromatic heterocycles. The molecule has 3 rings (SSSR count). The molecule has 2 aromatic carbocycles. The van der Waals surface area contributed by atoms with Crippen molar-refractivity contribution in [2.75, 3.05) is 7.11 Å². The van der Waals surface area contributed by atoms with Crippen LogP contribution in [0.2, 0.25) is 0 Å². The van der Waals surface area contributed by atoms with Gasteiger partial charge in [0.05, 0.1) is 12.9 Å². The van der Waals surface area contributed by atoms with Gasteiger partial charge in [-0.3, -0.25) is 0 Å². The van der Waals surface area contributed by atoms with Crippen LogP contribution < -0.4 is 4.74 Å². The Morgan fingerprint density at radius 1 is 1.13 bits per heavy atom. The number of rotatable bonds is 6. The van der Waals surface area contributed by atoms with Gasteiger partial charge in [0.2, 0.25) is 0 Å². The van der Waals surface area contributed by atoms with Gasteiger partial charge in [-0.25, -0.2) is 4.39 Å². The Balaban J connectivity index is 1.58. The van der Waals surface area contributed by atoms with Crippen LogP contribution in [0, 0.1) is 5.82 Å². The standard InChI is InChI=1S/C17H15FN2O2S/c1-21-15-7-5-13(6-8-15)17-19-16(20-22-17)11-23-10-12-3-2-4-14(18)9-12/h2-9H,10-11H2,1H3. The summed E-state index contributed by atoms with van der Waals surface area (Å²) in [5.74, 6) is 2.97. The molecule has 0 atom stereocenters. The number of hydrogen-bond donors (Lipinski definition) is 0. The average molecular weight is 330 g/mol. The number of methoxy groups -OCH3 is 1. The minimum Gasteiger partial charge on any atom is -0.497 e. The van der Waals surface area contributed by atoms with Crippen LogP contribution in [0.25, 0.3) is 11.5 Å². The molecule has 23 heavy (non-hydrogen) atoms. The van der Waals surface area contributed by atoms with E-state index < -0.39 is 0 Å². The summed E-state index contributed by atoms with van der Waals surface area (Å²) in [5, 5.41) is 3.97. The average Bonchev–Trinajstić information content (AvgIpc) is 3.04. The van der Waals surface area contributed by atoms with E-state index in [2.05, 4.69) is 10.1 Å². The van der Waals surface area contributed by atoms with Crippen molar-refractivity contribution in [2.45, 2.75) is 11.5 Å². The second-order valence-corrected chi connectivity index (χ2v) is 5.85. The molecule has 0 unspecified atom stereocenters. The quantitative estimate of drug-likeness (QED) is 0.674. The molecular weight excluding hydrogens is 315 g/mol. The van der Waals surface area contributed by atoms with Gasteiger partial charge < -0.3 is 9.26 Å². The number of benzene rings is 2. The van der Waals surface area contributed by atoms with E-state index in [0.717, 1.165) is 16.9 Å². The summed E-state index contributed by atoms with van der Waals surface area (Å²) >= 11 is 1.61. The van der Waals surface area contributed by atoms with E-state index in [-0.39, 0.29) is 5.82 Å². The zero-order valence-corrected chi connectivity index (χ0v) is 13.3. The third-order valence-corrected chi connectivity index (χ3v) is 4.19. The van der Waals surface area contributed by atoms with Gasteiger partial charge in [0.25, 0.3) is 5.89 Å². The summed E-state index contributed by atoms with van der Waals surface area (Å²) in [7, 11) is 1.62. The lowest BCUT2D eigenvalue weighted by atomic mass is 10.2. The molecule has 0 saturated carbocycles. The predicted octanol–water partition coefficient (Wildman–Crippen LogP) is 4.32. The highest BCUT2D eigenvalue weighted by molar-refractivity contribution is 7.97. The number of hydrogen-bond acceptors (Lipinski definition) is 5. The Labute approximate surface area is 137 Å². The third-order valence-electron chi connectivity index (χ3n) is 3.19. The largest absolute Gasteiger partial charge is 0.497 e. The number of aromatic nitrogens is 2. The smallest absolute Gasteiger partial charge is 0.257 e. The molecule has 0 spiro atoms. The summed E-state index contributed by atoms with van der Waals surface area (Å²) in [6.45, 7) is 0. The van der Waals surface area contributed by atoms with Crippen molar-refractivity contribution in [2.24, 2.45) is 0 Å². The van der Waals surface area contributed by atoms with Gasteiger partial charge >= 0.3 is 0 Å². The van der Waals surface area contributed by atoms with E-state index in [1.807, 2.05) is 30.3 Å². The van der Waals surface area contributed by atoms with Crippen molar-refractivity contribution < 1.29 is 13.7 Å². The second kappa shape index (κ2) is 7.28. The zero-order valence-electron chi connectivity index (χ0n) is 12.5. The van der Waals surface area contributed by atoms with Crippen LogP contribution >= 0.6 is 11.8 Å². The number of ether oxygens (including phenoxy) is 1. The molecular formula is C17H15FN2O2S. The maximum atomic E-state index is 13.1. The summed E-state index contributed by atoms with van der Waals surface area (Å²) in [4.78, 5) is 4.37. The Bertz CT molecular complexity index is 774. The van der Waals surface area contributed by atoms with Gasteiger partial charge in [-0.15, -0.1) is 11.8 Å². The van der Waals surface area contributed by atoms with Crippen LogP contribution in [-0.4, -0.2) is 17.3 Å². The van der Waals surface area contributed by atoms with Crippen LogP contribution in [-0.2, 0) is 11.5 Å². The SMILES string of the molecule is COc1ccc(-c2nc(CSCc3cccc(F)c3)no2)cc1. The van der Waals surface area contributed by atoms with E-state index in [4.69, 9.17) is 9.26 Å². The molecule has 0 aliphatic carbocycles. The first kappa shape index (κ1) is 15.6. The molecule has 0 aliphatic rings. The summed E-state index contributed by atoms with van der Waals surface area (Å²) in [6.07, 6.45) is 0. The molecule has 4 nitrogen and oxygen atoms in total. The lowest BCUT2D eigenvalue weighted by molar-refractivity contribution is 0.414. The maximum Gasteiger partial charge on any atom is 0.257 e. The van der Waals surface area contributed by atoms with Crippen LogP contribution in [0.3, 0.4) is 0 Å². The lowest BCUT2D eigenvalue weighted by Gasteiger charge is -1.99. The molecule has 1 heterocycles. The topological polar surface area (TPSA) is 48.2 Å². The van der Waals surface area contributed by atoms with Gasteiger partial charge in [0.1, 0.15) is 11.6 Å². The highest BCUT2D eigenvalue weighted by atomic mass is 32.2. The van der Waals surface area contributed by atoms with Crippen molar-refractivity contribution in [1.82, 2.24) is 10.1 Å². The van der Waals surface area contributed by atoms with Crippen LogP contribution in [0.4, 0.5) is 4.39 Å². The van der Waals surface area contributed by atoms with E-state index in [0.29, 0.717) is 23.2 Å². The molecule has 3 aromatic rings. The highest BCUT2D eigenvalue weighted by Crippen LogP contribution is 2.22. The van der Waals surface area contributed by atoms with Crippen molar-refractivity contribution in [3.05, 3.63) is 65.7 Å². The molecule has 0 amide bonds. The number of thioether (sulfide) groups is 1. The van der Waals surface area contributed by atoms with Crippen LogP contribution in [0.5, 0.6) is 5.75 Å². The Morgan fingerprint density at radius 2 is 1.96 bits per heavy atom. The molecule has 0 aliphatic heterocycles. The number of nitrogens with zero attached hydrogens (tertiary/aromatic N) is 2. The fraction of sp³-hybridized carbons (Fsp3) is 0.176. The fourth-order valence-corrected chi connectivity index (χ4v) is 2.87. The van der Waals surface area contributed by atoms with Crippen molar-refractivity contribution in [3.63, 3.8) is 0 Å². The Kier molecular flexibility index (Phi) is 4.92. The minimum atomic E-state index is -0.218. The van der Waals surface area contributed by atoms with Crippen molar-refractivity contribution in [3.8, 4) is 17.2 Å². The zero-order chi connectivity index (χ0) is 16.1. The van der Waals surface area contributed by atoms with Gasteiger partial charge in [-0.2, -0.15) is 4.98 Å². The van der Waals surface area contributed by atoms with Gasteiger partial charge in [-0.05, 0) is 42.0 Å². The van der Waals surface area contributed by atoms with Crippen LogP contribution in [0.1, 0.15) is 11.4 Å². The molecule has 0 N–H and O–H groups in total. The fourth-order valence-electron chi connectivity index (χ4n) is 2.05. The number of halogens is 1. The van der Waals surface area contributed by atoms with E-state index in [1.54, 1.807) is 24.9 Å². The summed E-state index contributed by atoms with van der Waals surface area (Å²) < 4.78 is 23.5. The molecule has 118 valence electrons. The molecule has 0 bridgehead atoms. The van der Waals surface area contributed by atoms with Crippen molar-refractivity contribution in [1.29, 1.82) is 0 Å². The minimum absolute atomic E-state index is 0.218. The van der Waals surface area contributed by atoms with Crippen molar-refractivity contribution >= 4 is 11.8 Å². The Morgan fingerprint density at radius 3 is 2.70 bits per heavy atom. The van der Waals surface area contributed by atoms with Gasteiger partial charge in [0.15, 0.2) is 5.82 Å². The highest BCUT2D eigenvalue weighted by Gasteiger charge is 2.09. The Hall–Kier alpha value is -2.34. The van der Waals surface area contributed by atoms with E-state index in [1.165, 1.54) is 12.1 Å². The predicted molar refractivity (Wildman–Crippen MR) is 87.7 cm³/mol. The molecule has 0 saturated heterocycles. The van der Waals surface area contributed by atoms with Gasteiger partial charge in [0, 0.05) is 11.3 Å².